The molecular weight excluding hydrogens is 91.1 g/mol. The Morgan fingerprint density at radius 3 is 2.00 bits per heavy atom. The van der Waals surface area contributed by atoms with E-state index in [0.717, 1.165) is 0 Å². The summed E-state index contributed by atoms with van der Waals surface area (Å²) in [6.07, 6.45) is 1.58. The third-order valence-electron chi connectivity index (χ3n) is 0.563. The molecular formula is C6H11F. The van der Waals surface area contributed by atoms with Gasteiger partial charge in [-0.25, -0.2) is 4.39 Å². The highest BCUT2D eigenvalue weighted by Gasteiger charge is 1.85. The predicted molar refractivity (Wildman–Crippen MR) is 29.7 cm³/mol. The normalized spacial score (nSPS) is 13.0. The molecule has 0 spiro atoms. The van der Waals surface area contributed by atoms with Crippen molar-refractivity contribution in [3.8, 4) is 0 Å². The minimum atomic E-state index is -0.0880. The summed E-state index contributed by atoms with van der Waals surface area (Å²) in [5.41, 5.74) is 0. The smallest absolute Gasteiger partial charge is 0.0931 e. The molecule has 0 aromatic rings. The van der Waals surface area contributed by atoms with E-state index in [1.54, 1.807) is 6.08 Å². The third kappa shape index (κ3) is 5.67. The fraction of sp³-hybridized carbons (Fsp3) is 0.667. The van der Waals surface area contributed by atoms with Gasteiger partial charge in [-0.15, -0.1) is 0 Å². The first-order valence-electron chi connectivity index (χ1n) is 2.47. The first-order chi connectivity index (χ1) is 3.13. The van der Waals surface area contributed by atoms with Crippen LogP contribution in [0.2, 0.25) is 0 Å². The molecule has 0 N–H and O–H groups in total. The van der Waals surface area contributed by atoms with Gasteiger partial charge >= 0.3 is 0 Å². The first-order valence-corrected chi connectivity index (χ1v) is 2.47. The number of halogens is 1. The molecule has 0 saturated carbocycles. The molecule has 0 aliphatic carbocycles. The summed E-state index contributed by atoms with van der Waals surface area (Å²) in [6.45, 7) is 5.35. The van der Waals surface area contributed by atoms with Crippen molar-refractivity contribution in [1.82, 2.24) is 0 Å². The van der Waals surface area contributed by atoms with E-state index >= 15 is 0 Å². The largest absolute Gasteiger partial charge is 0.212 e. The van der Waals surface area contributed by atoms with Crippen LogP contribution in [0.5, 0.6) is 0 Å². The molecule has 1 heteroatoms. The van der Waals surface area contributed by atoms with Gasteiger partial charge in [-0.1, -0.05) is 19.9 Å². The van der Waals surface area contributed by atoms with Gasteiger partial charge in [-0.2, -0.15) is 0 Å². The van der Waals surface area contributed by atoms with E-state index in [0.29, 0.717) is 5.92 Å². The van der Waals surface area contributed by atoms with Crippen LogP contribution in [0.1, 0.15) is 20.8 Å². The second-order valence-corrected chi connectivity index (χ2v) is 2.00. The van der Waals surface area contributed by atoms with Crippen molar-refractivity contribution in [1.29, 1.82) is 0 Å². The van der Waals surface area contributed by atoms with Crippen LogP contribution < -0.4 is 0 Å². The van der Waals surface area contributed by atoms with Crippen LogP contribution >= 0.6 is 0 Å². The van der Waals surface area contributed by atoms with Crippen molar-refractivity contribution in [2.45, 2.75) is 20.8 Å². The Balaban J connectivity index is 3.45. The summed E-state index contributed by atoms with van der Waals surface area (Å²) in [5, 5.41) is 0. The van der Waals surface area contributed by atoms with Gasteiger partial charge in [0.15, 0.2) is 0 Å². The minimum absolute atomic E-state index is 0.0880. The number of hydrogen-bond acceptors (Lipinski definition) is 0. The number of rotatable bonds is 1. The van der Waals surface area contributed by atoms with Crippen molar-refractivity contribution < 1.29 is 4.39 Å². The Labute approximate surface area is 44.0 Å². The van der Waals surface area contributed by atoms with Crippen molar-refractivity contribution in [3.05, 3.63) is 11.9 Å². The summed E-state index contributed by atoms with van der Waals surface area (Å²) in [4.78, 5) is 0. The number of hydrogen-bond donors (Lipinski definition) is 0. The second-order valence-electron chi connectivity index (χ2n) is 2.00. The SMILES string of the molecule is CC(F)=CC(C)C. The van der Waals surface area contributed by atoms with Crippen LogP contribution in [0, 0.1) is 5.92 Å². The van der Waals surface area contributed by atoms with Gasteiger partial charge in [0, 0.05) is 0 Å². The maximum Gasteiger partial charge on any atom is 0.0931 e. The summed E-state index contributed by atoms with van der Waals surface area (Å²) >= 11 is 0. The molecule has 0 nitrogen and oxygen atoms in total. The van der Waals surface area contributed by atoms with E-state index in [9.17, 15) is 4.39 Å². The van der Waals surface area contributed by atoms with Crippen LogP contribution in [-0.2, 0) is 0 Å². The molecule has 0 bridgehead atoms. The lowest BCUT2D eigenvalue weighted by Crippen LogP contribution is -1.77. The summed E-state index contributed by atoms with van der Waals surface area (Å²) in [6, 6.07) is 0. The molecule has 0 fully saturated rings. The van der Waals surface area contributed by atoms with E-state index in [1.807, 2.05) is 13.8 Å². The summed E-state index contributed by atoms with van der Waals surface area (Å²) < 4.78 is 11.8. The fourth-order valence-corrected chi connectivity index (χ4v) is 0.459. The van der Waals surface area contributed by atoms with E-state index in [1.165, 1.54) is 6.92 Å². The van der Waals surface area contributed by atoms with Gasteiger partial charge in [0.25, 0.3) is 0 Å². The van der Waals surface area contributed by atoms with Crippen LogP contribution in [-0.4, -0.2) is 0 Å². The maximum absolute atomic E-state index is 11.8. The highest BCUT2D eigenvalue weighted by Crippen LogP contribution is 2.00. The lowest BCUT2D eigenvalue weighted by molar-refractivity contribution is 0.620. The molecule has 0 saturated heterocycles. The Bertz CT molecular complexity index is 68.2. The molecule has 42 valence electrons. The molecule has 0 aliphatic heterocycles. The van der Waals surface area contributed by atoms with Crippen LogP contribution in [0.25, 0.3) is 0 Å². The predicted octanol–water partition coefficient (Wildman–Crippen LogP) is 2.52. The summed E-state index contributed by atoms with van der Waals surface area (Å²) in [5.74, 6) is 0.250. The molecule has 0 aliphatic rings. The summed E-state index contributed by atoms with van der Waals surface area (Å²) in [7, 11) is 0. The average Bonchev–Trinajstić information content (AvgIpc) is 1.27. The van der Waals surface area contributed by atoms with E-state index < -0.39 is 0 Å². The van der Waals surface area contributed by atoms with Crippen LogP contribution in [0.15, 0.2) is 11.9 Å². The Hall–Kier alpha value is -0.330. The fourth-order valence-electron chi connectivity index (χ4n) is 0.459. The van der Waals surface area contributed by atoms with E-state index in [-0.39, 0.29) is 5.83 Å². The van der Waals surface area contributed by atoms with E-state index in [2.05, 4.69) is 0 Å². The molecule has 0 aromatic carbocycles. The lowest BCUT2D eigenvalue weighted by atomic mass is 10.2. The quantitative estimate of drug-likeness (QED) is 0.477. The zero-order valence-electron chi connectivity index (χ0n) is 5.03. The van der Waals surface area contributed by atoms with Gasteiger partial charge in [0.1, 0.15) is 0 Å². The molecule has 0 unspecified atom stereocenters. The minimum Gasteiger partial charge on any atom is -0.212 e. The monoisotopic (exact) mass is 102 g/mol. The van der Waals surface area contributed by atoms with Crippen molar-refractivity contribution in [2.24, 2.45) is 5.92 Å². The molecule has 0 atom stereocenters. The van der Waals surface area contributed by atoms with Gasteiger partial charge in [-0.05, 0) is 12.8 Å². The lowest BCUT2D eigenvalue weighted by Gasteiger charge is -1.90. The average molecular weight is 102 g/mol. The highest BCUT2D eigenvalue weighted by atomic mass is 19.1. The van der Waals surface area contributed by atoms with Crippen LogP contribution in [0.4, 0.5) is 4.39 Å². The van der Waals surface area contributed by atoms with Crippen LogP contribution in [0.3, 0.4) is 0 Å². The highest BCUT2D eigenvalue weighted by molar-refractivity contribution is 4.88. The molecule has 7 heavy (non-hydrogen) atoms. The van der Waals surface area contributed by atoms with Crippen molar-refractivity contribution >= 4 is 0 Å². The molecule has 0 heterocycles. The Morgan fingerprint density at radius 1 is 1.57 bits per heavy atom. The second kappa shape index (κ2) is 2.78. The molecule has 0 amide bonds. The maximum atomic E-state index is 11.8. The molecule has 0 radical (unpaired) electrons. The Morgan fingerprint density at radius 2 is 2.00 bits per heavy atom. The Kier molecular flexibility index (Phi) is 2.65. The zero-order chi connectivity index (χ0) is 5.86. The number of allylic oxidation sites excluding steroid dienone is 2. The standard InChI is InChI=1S/C6H11F/c1-5(2)4-6(3)7/h4-5H,1-3H3. The van der Waals surface area contributed by atoms with Crippen molar-refractivity contribution in [2.75, 3.05) is 0 Å². The van der Waals surface area contributed by atoms with E-state index in [4.69, 9.17) is 0 Å². The third-order valence-corrected chi connectivity index (χ3v) is 0.563. The molecule has 0 aromatic heterocycles. The van der Waals surface area contributed by atoms with Gasteiger partial charge in [0.2, 0.25) is 0 Å². The van der Waals surface area contributed by atoms with Gasteiger partial charge in [0.05, 0.1) is 5.83 Å². The topological polar surface area (TPSA) is 0 Å². The molecule has 0 rings (SSSR count). The van der Waals surface area contributed by atoms with Crippen molar-refractivity contribution in [3.63, 3.8) is 0 Å². The van der Waals surface area contributed by atoms with Gasteiger partial charge in [-0.3, -0.25) is 0 Å². The zero-order valence-corrected chi connectivity index (χ0v) is 5.03. The first kappa shape index (κ1) is 6.67. The van der Waals surface area contributed by atoms with Gasteiger partial charge < -0.3 is 0 Å².